The maximum absolute atomic E-state index is 13.2. The molecule has 2 aromatic carbocycles. The minimum Gasteiger partial charge on any atom is -0.354 e. The first-order valence-electron chi connectivity index (χ1n) is 10.7. The van der Waals surface area contributed by atoms with Gasteiger partial charge in [0, 0.05) is 24.5 Å². The van der Waals surface area contributed by atoms with Crippen LogP contribution in [0.25, 0.3) is 10.8 Å². The summed E-state index contributed by atoms with van der Waals surface area (Å²) in [7, 11) is 1.59. The number of amides is 1. The lowest BCUT2D eigenvalue weighted by atomic mass is 9.87. The molecule has 1 amide bonds. The van der Waals surface area contributed by atoms with E-state index in [0.29, 0.717) is 29.2 Å². The summed E-state index contributed by atoms with van der Waals surface area (Å²) < 4.78 is 1.49. The summed E-state index contributed by atoms with van der Waals surface area (Å²) in [4.78, 5) is 28.2. The number of nitrogens with one attached hydrogen (secondary N) is 1. The fourth-order valence-corrected chi connectivity index (χ4v) is 4.72. The molecule has 6 heteroatoms. The Bertz CT molecular complexity index is 1170. The van der Waals surface area contributed by atoms with Crippen molar-refractivity contribution in [3.05, 3.63) is 75.7 Å². The fraction of sp³-hybridized carbons (Fsp3) is 0.375. The number of aryl methyl sites for hydroxylation is 1. The summed E-state index contributed by atoms with van der Waals surface area (Å²) in [5.74, 6) is -0.277. The quantitative estimate of drug-likeness (QED) is 0.711. The Hall–Kier alpha value is -2.99. The molecular formula is C24H26N4O2. The smallest absolute Gasteiger partial charge is 0.275 e. The van der Waals surface area contributed by atoms with Gasteiger partial charge in [-0.05, 0) is 49.3 Å². The van der Waals surface area contributed by atoms with Crippen LogP contribution in [-0.2, 0) is 13.1 Å². The van der Waals surface area contributed by atoms with Crippen molar-refractivity contribution in [1.29, 1.82) is 0 Å². The van der Waals surface area contributed by atoms with E-state index in [9.17, 15) is 9.59 Å². The number of nitrogens with zero attached hydrogens (tertiary/aromatic N) is 3. The van der Waals surface area contributed by atoms with Crippen molar-refractivity contribution < 1.29 is 4.79 Å². The van der Waals surface area contributed by atoms with Gasteiger partial charge in [0.05, 0.1) is 12.1 Å². The zero-order chi connectivity index (χ0) is 20.7. The average Bonchev–Trinajstić information content (AvgIpc) is 3.63. The lowest BCUT2D eigenvalue weighted by molar-refractivity contribution is 0.0948. The molecular weight excluding hydrogens is 376 g/mol. The van der Waals surface area contributed by atoms with E-state index in [1.54, 1.807) is 19.2 Å². The van der Waals surface area contributed by atoms with Crippen LogP contribution in [0.4, 0.5) is 0 Å². The van der Waals surface area contributed by atoms with Crippen LogP contribution in [0.2, 0.25) is 0 Å². The minimum atomic E-state index is -0.277. The third-order valence-electron chi connectivity index (χ3n) is 6.36. The number of carbonyl (C=O) groups excluding carboxylic acids is 1. The number of hydrogen-bond acceptors (Lipinski definition) is 4. The van der Waals surface area contributed by atoms with Gasteiger partial charge in [0.25, 0.3) is 11.5 Å². The van der Waals surface area contributed by atoms with E-state index in [4.69, 9.17) is 0 Å². The molecule has 2 aliphatic carbocycles. The van der Waals surface area contributed by atoms with Gasteiger partial charge in [0.1, 0.15) is 0 Å². The van der Waals surface area contributed by atoms with Crippen molar-refractivity contribution in [1.82, 2.24) is 20.0 Å². The molecule has 30 heavy (non-hydrogen) atoms. The van der Waals surface area contributed by atoms with Crippen molar-refractivity contribution in [2.24, 2.45) is 0 Å². The van der Waals surface area contributed by atoms with E-state index >= 15 is 0 Å². The van der Waals surface area contributed by atoms with Gasteiger partial charge in [-0.15, -0.1) is 0 Å². The molecule has 1 fully saturated rings. The van der Waals surface area contributed by atoms with Crippen molar-refractivity contribution in [3.8, 4) is 0 Å². The average molecular weight is 402 g/mol. The van der Waals surface area contributed by atoms with Gasteiger partial charge in [0.2, 0.25) is 0 Å². The van der Waals surface area contributed by atoms with Gasteiger partial charge < -0.3 is 5.32 Å². The molecule has 1 aromatic heterocycles. The molecule has 5 rings (SSSR count). The van der Waals surface area contributed by atoms with Crippen molar-refractivity contribution in [2.75, 3.05) is 7.05 Å². The number of aromatic nitrogens is 2. The monoisotopic (exact) mass is 402 g/mol. The second-order valence-electron chi connectivity index (χ2n) is 8.27. The van der Waals surface area contributed by atoms with Gasteiger partial charge >= 0.3 is 0 Å². The molecule has 1 saturated carbocycles. The third-order valence-corrected chi connectivity index (χ3v) is 6.36. The number of rotatable bonds is 5. The van der Waals surface area contributed by atoms with E-state index in [-0.39, 0.29) is 17.5 Å². The van der Waals surface area contributed by atoms with Crippen molar-refractivity contribution in [3.63, 3.8) is 0 Å². The molecule has 0 aliphatic heterocycles. The van der Waals surface area contributed by atoms with Gasteiger partial charge in [-0.1, -0.05) is 42.5 Å². The summed E-state index contributed by atoms with van der Waals surface area (Å²) in [6, 6.07) is 16.6. The standard InChI is InChI=1S/C24H26N4O2/c1-25-23(29)22-19-10-4-5-11-20(19)24(30)28(26-22)15-27(17-13-14-17)21-12-6-8-16-7-2-3-9-18(16)21/h2-5,7,9-11,17,21H,6,8,12-15H2,1H3,(H,25,29). The Morgan fingerprint density at radius 2 is 1.83 bits per heavy atom. The lowest BCUT2D eigenvalue weighted by Gasteiger charge is -2.36. The summed E-state index contributed by atoms with van der Waals surface area (Å²) in [5.41, 5.74) is 2.93. The molecule has 1 atom stereocenters. The van der Waals surface area contributed by atoms with Gasteiger partial charge in [0.15, 0.2) is 5.69 Å². The topological polar surface area (TPSA) is 67.2 Å². The summed E-state index contributed by atoms with van der Waals surface area (Å²) in [5, 5.41) is 8.31. The zero-order valence-corrected chi connectivity index (χ0v) is 17.2. The maximum atomic E-state index is 13.2. The zero-order valence-electron chi connectivity index (χ0n) is 17.2. The molecule has 0 saturated heterocycles. The highest BCUT2D eigenvalue weighted by Gasteiger charge is 2.37. The van der Waals surface area contributed by atoms with E-state index in [1.165, 1.54) is 15.8 Å². The van der Waals surface area contributed by atoms with Crippen molar-refractivity contribution in [2.45, 2.75) is 50.9 Å². The second kappa shape index (κ2) is 7.69. The molecule has 0 spiro atoms. The lowest BCUT2D eigenvalue weighted by Crippen LogP contribution is -2.40. The van der Waals surface area contributed by atoms with E-state index in [0.717, 1.165) is 32.1 Å². The Balaban J connectivity index is 1.58. The Morgan fingerprint density at radius 1 is 1.10 bits per heavy atom. The third kappa shape index (κ3) is 3.31. The molecule has 1 N–H and O–H groups in total. The first-order chi connectivity index (χ1) is 14.7. The normalized spacial score (nSPS) is 18.4. The molecule has 3 aromatic rings. The Morgan fingerprint density at radius 3 is 2.60 bits per heavy atom. The highest BCUT2D eigenvalue weighted by Crippen LogP contribution is 2.40. The number of fused-ring (bicyclic) bond motifs is 2. The van der Waals surface area contributed by atoms with Gasteiger partial charge in [-0.25, -0.2) is 4.68 Å². The van der Waals surface area contributed by atoms with E-state index in [2.05, 4.69) is 39.6 Å². The van der Waals surface area contributed by atoms with Crippen LogP contribution in [0.3, 0.4) is 0 Å². The van der Waals surface area contributed by atoms with Crippen LogP contribution in [-0.4, -0.2) is 33.7 Å². The summed E-state index contributed by atoms with van der Waals surface area (Å²) in [6.45, 7) is 0.400. The van der Waals surface area contributed by atoms with Crippen LogP contribution < -0.4 is 10.9 Å². The van der Waals surface area contributed by atoms with Gasteiger partial charge in [-0.3, -0.25) is 14.5 Å². The van der Waals surface area contributed by atoms with Crippen LogP contribution >= 0.6 is 0 Å². The molecule has 6 nitrogen and oxygen atoms in total. The predicted octanol–water partition coefficient (Wildman–Crippen LogP) is 3.26. The maximum Gasteiger partial charge on any atom is 0.275 e. The predicted molar refractivity (Wildman–Crippen MR) is 116 cm³/mol. The fourth-order valence-electron chi connectivity index (χ4n) is 4.72. The highest BCUT2D eigenvalue weighted by atomic mass is 16.2. The van der Waals surface area contributed by atoms with E-state index in [1.807, 2.05) is 12.1 Å². The molecule has 0 bridgehead atoms. The molecule has 1 heterocycles. The molecule has 154 valence electrons. The number of benzene rings is 2. The van der Waals surface area contributed by atoms with Crippen molar-refractivity contribution >= 4 is 16.7 Å². The van der Waals surface area contributed by atoms with Crippen LogP contribution in [0, 0.1) is 0 Å². The molecule has 1 unspecified atom stereocenters. The largest absolute Gasteiger partial charge is 0.354 e. The highest BCUT2D eigenvalue weighted by molar-refractivity contribution is 6.04. The summed E-state index contributed by atoms with van der Waals surface area (Å²) >= 11 is 0. The number of hydrogen-bond donors (Lipinski definition) is 1. The molecule has 2 aliphatic rings. The van der Waals surface area contributed by atoms with Crippen LogP contribution in [0.15, 0.2) is 53.3 Å². The summed E-state index contributed by atoms with van der Waals surface area (Å²) in [6.07, 6.45) is 5.62. The van der Waals surface area contributed by atoms with Crippen LogP contribution in [0.1, 0.15) is 53.3 Å². The second-order valence-corrected chi connectivity index (χ2v) is 8.27. The first kappa shape index (κ1) is 19.0. The first-order valence-corrected chi connectivity index (χ1v) is 10.7. The SMILES string of the molecule is CNC(=O)c1nn(CN(C2CC2)C2CCCc3ccccc32)c(=O)c2ccccc12. The van der Waals surface area contributed by atoms with E-state index < -0.39 is 0 Å². The number of carbonyl (C=O) groups is 1. The molecule has 0 radical (unpaired) electrons. The Labute approximate surface area is 175 Å². The minimum absolute atomic E-state index is 0.145. The van der Waals surface area contributed by atoms with Gasteiger partial charge in [-0.2, -0.15) is 5.10 Å². The van der Waals surface area contributed by atoms with Crippen LogP contribution in [0.5, 0.6) is 0 Å². The Kier molecular flexibility index (Phi) is 4.87.